The van der Waals surface area contributed by atoms with Crippen LogP contribution in [0.4, 0.5) is 0 Å². The molecule has 0 aromatic rings. The second-order valence-corrected chi connectivity index (χ2v) is 4.67. The van der Waals surface area contributed by atoms with Gasteiger partial charge in [-0.25, -0.2) is 0 Å². The maximum atomic E-state index is 11.1. The van der Waals surface area contributed by atoms with Crippen LogP contribution in [0.5, 0.6) is 0 Å². The van der Waals surface area contributed by atoms with Crippen LogP contribution in [-0.4, -0.2) is 11.8 Å². The molecule has 1 fully saturated rings. The van der Waals surface area contributed by atoms with Gasteiger partial charge in [0, 0.05) is 0 Å². The Balaban J connectivity index is 2.52. The average Bonchev–Trinajstić information content (AvgIpc) is 2.27. The van der Waals surface area contributed by atoms with Crippen LogP contribution in [0.3, 0.4) is 0 Å². The number of rotatable bonds is 5. The lowest BCUT2D eigenvalue weighted by molar-refractivity contribution is -0.114. The monoisotopic (exact) mass is 197 g/mol. The van der Waals surface area contributed by atoms with Crippen molar-refractivity contribution in [1.82, 2.24) is 0 Å². The van der Waals surface area contributed by atoms with Crippen LogP contribution in [0.2, 0.25) is 0 Å². The number of carbonyl (C=O) groups excluding carboxylic acids is 1. The minimum atomic E-state index is -0.517. The second kappa shape index (κ2) is 5.50. The predicted molar refractivity (Wildman–Crippen MR) is 59.1 cm³/mol. The van der Waals surface area contributed by atoms with Gasteiger partial charge in [0.1, 0.15) is 6.29 Å². The molecular formula is C12H23NO. The Hall–Kier alpha value is -0.370. The summed E-state index contributed by atoms with van der Waals surface area (Å²) in [4.78, 5) is 11.1. The topological polar surface area (TPSA) is 43.1 Å². The van der Waals surface area contributed by atoms with E-state index in [9.17, 15) is 4.79 Å². The standard InChI is InChI=1S/C12H23NO/c1-2-3-9-12(13,10-14)11-7-5-4-6-8-11/h10-11H,2-9,13H2,1H3. The summed E-state index contributed by atoms with van der Waals surface area (Å²) >= 11 is 0. The van der Waals surface area contributed by atoms with Crippen LogP contribution < -0.4 is 5.73 Å². The Morgan fingerprint density at radius 2 is 2.00 bits per heavy atom. The summed E-state index contributed by atoms with van der Waals surface area (Å²) in [5.74, 6) is 0.445. The van der Waals surface area contributed by atoms with Crippen molar-refractivity contribution in [3.8, 4) is 0 Å². The van der Waals surface area contributed by atoms with Gasteiger partial charge in [0.05, 0.1) is 5.54 Å². The highest BCUT2D eigenvalue weighted by molar-refractivity contribution is 5.64. The molecule has 1 atom stereocenters. The third-order valence-electron chi connectivity index (χ3n) is 3.55. The second-order valence-electron chi connectivity index (χ2n) is 4.67. The molecule has 0 aliphatic heterocycles. The maximum Gasteiger partial charge on any atom is 0.140 e. The first kappa shape index (κ1) is 11.7. The molecule has 0 bridgehead atoms. The molecule has 0 amide bonds. The van der Waals surface area contributed by atoms with Crippen LogP contribution in [-0.2, 0) is 4.79 Å². The summed E-state index contributed by atoms with van der Waals surface area (Å²) in [6.07, 6.45) is 10.2. The van der Waals surface area contributed by atoms with Crippen LogP contribution >= 0.6 is 0 Å². The molecule has 2 nitrogen and oxygen atoms in total. The summed E-state index contributed by atoms with van der Waals surface area (Å²) < 4.78 is 0. The molecule has 0 aromatic carbocycles. The van der Waals surface area contributed by atoms with Gasteiger partial charge >= 0.3 is 0 Å². The van der Waals surface area contributed by atoms with E-state index in [2.05, 4.69) is 6.92 Å². The van der Waals surface area contributed by atoms with E-state index in [1.807, 2.05) is 0 Å². The van der Waals surface area contributed by atoms with E-state index >= 15 is 0 Å². The fourth-order valence-electron chi connectivity index (χ4n) is 2.48. The van der Waals surface area contributed by atoms with E-state index in [-0.39, 0.29) is 0 Å². The van der Waals surface area contributed by atoms with Crippen molar-refractivity contribution in [2.45, 2.75) is 63.8 Å². The minimum Gasteiger partial charge on any atom is -0.319 e. The molecule has 2 heteroatoms. The van der Waals surface area contributed by atoms with E-state index in [1.54, 1.807) is 0 Å². The third kappa shape index (κ3) is 2.81. The highest BCUT2D eigenvalue weighted by Crippen LogP contribution is 2.33. The zero-order chi connectivity index (χ0) is 10.4. The van der Waals surface area contributed by atoms with Gasteiger partial charge in [-0.2, -0.15) is 0 Å². The maximum absolute atomic E-state index is 11.1. The Morgan fingerprint density at radius 1 is 1.36 bits per heavy atom. The fraction of sp³-hybridized carbons (Fsp3) is 0.917. The SMILES string of the molecule is CCCCC(N)(C=O)C1CCCCC1. The van der Waals surface area contributed by atoms with E-state index < -0.39 is 5.54 Å². The zero-order valence-electron chi connectivity index (χ0n) is 9.30. The molecule has 0 radical (unpaired) electrons. The molecule has 0 aromatic heterocycles. The number of hydrogen-bond donors (Lipinski definition) is 1. The average molecular weight is 197 g/mol. The summed E-state index contributed by atoms with van der Waals surface area (Å²) in [5.41, 5.74) is 5.67. The lowest BCUT2D eigenvalue weighted by atomic mass is 9.73. The van der Waals surface area contributed by atoms with Crippen molar-refractivity contribution in [2.24, 2.45) is 11.7 Å². The van der Waals surface area contributed by atoms with Crippen molar-refractivity contribution >= 4 is 6.29 Å². The fourth-order valence-corrected chi connectivity index (χ4v) is 2.48. The lowest BCUT2D eigenvalue weighted by Crippen LogP contribution is -2.49. The molecule has 1 unspecified atom stereocenters. The van der Waals surface area contributed by atoms with Crippen LogP contribution in [0, 0.1) is 5.92 Å². The number of hydrogen-bond acceptors (Lipinski definition) is 2. The highest BCUT2D eigenvalue weighted by atomic mass is 16.1. The quantitative estimate of drug-likeness (QED) is 0.688. The van der Waals surface area contributed by atoms with Crippen LogP contribution in [0.15, 0.2) is 0 Å². The highest BCUT2D eigenvalue weighted by Gasteiger charge is 2.34. The molecule has 14 heavy (non-hydrogen) atoms. The van der Waals surface area contributed by atoms with Crippen molar-refractivity contribution in [2.75, 3.05) is 0 Å². The molecule has 1 saturated carbocycles. The van der Waals surface area contributed by atoms with Crippen molar-refractivity contribution in [3.05, 3.63) is 0 Å². The van der Waals surface area contributed by atoms with Gasteiger partial charge in [-0.1, -0.05) is 39.0 Å². The zero-order valence-corrected chi connectivity index (χ0v) is 9.30. The summed E-state index contributed by atoms with van der Waals surface area (Å²) in [6, 6.07) is 0. The van der Waals surface area contributed by atoms with E-state index in [0.29, 0.717) is 5.92 Å². The summed E-state index contributed by atoms with van der Waals surface area (Å²) in [5, 5.41) is 0. The first-order chi connectivity index (χ1) is 6.73. The molecular weight excluding hydrogens is 174 g/mol. The first-order valence-electron chi connectivity index (χ1n) is 5.98. The first-order valence-corrected chi connectivity index (χ1v) is 5.98. The van der Waals surface area contributed by atoms with Gasteiger partial charge in [0.25, 0.3) is 0 Å². The van der Waals surface area contributed by atoms with Gasteiger partial charge in [-0.05, 0) is 25.2 Å². The third-order valence-corrected chi connectivity index (χ3v) is 3.55. The van der Waals surface area contributed by atoms with Crippen LogP contribution in [0.1, 0.15) is 58.3 Å². The molecule has 1 aliphatic carbocycles. The van der Waals surface area contributed by atoms with E-state index in [0.717, 1.165) is 38.4 Å². The largest absolute Gasteiger partial charge is 0.319 e. The van der Waals surface area contributed by atoms with Crippen molar-refractivity contribution in [3.63, 3.8) is 0 Å². The Bertz CT molecular complexity index is 175. The number of aldehydes is 1. The van der Waals surface area contributed by atoms with Gasteiger partial charge in [-0.3, -0.25) is 0 Å². The Kier molecular flexibility index (Phi) is 4.59. The molecule has 1 rings (SSSR count). The molecule has 82 valence electrons. The molecule has 1 aliphatic rings. The predicted octanol–water partition coefficient (Wildman–Crippen LogP) is 2.65. The minimum absolute atomic E-state index is 0.445. The molecule has 2 N–H and O–H groups in total. The van der Waals surface area contributed by atoms with E-state index in [1.165, 1.54) is 19.3 Å². The Morgan fingerprint density at radius 3 is 2.50 bits per heavy atom. The number of carbonyl (C=O) groups is 1. The summed E-state index contributed by atoms with van der Waals surface area (Å²) in [6.45, 7) is 2.14. The van der Waals surface area contributed by atoms with Crippen molar-refractivity contribution < 1.29 is 4.79 Å². The number of nitrogens with two attached hydrogens (primary N) is 1. The van der Waals surface area contributed by atoms with Gasteiger partial charge in [0.15, 0.2) is 0 Å². The molecule has 0 heterocycles. The smallest absolute Gasteiger partial charge is 0.140 e. The Labute approximate surface area is 87.2 Å². The lowest BCUT2D eigenvalue weighted by Gasteiger charge is -2.35. The number of unbranched alkanes of at least 4 members (excludes halogenated alkanes) is 1. The van der Waals surface area contributed by atoms with Gasteiger partial charge in [-0.15, -0.1) is 0 Å². The van der Waals surface area contributed by atoms with E-state index in [4.69, 9.17) is 5.73 Å². The normalized spacial score (nSPS) is 23.0. The molecule has 0 spiro atoms. The summed E-state index contributed by atoms with van der Waals surface area (Å²) in [7, 11) is 0. The van der Waals surface area contributed by atoms with Gasteiger partial charge in [0.2, 0.25) is 0 Å². The van der Waals surface area contributed by atoms with Crippen molar-refractivity contribution in [1.29, 1.82) is 0 Å². The van der Waals surface area contributed by atoms with Gasteiger partial charge < -0.3 is 10.5 Å². The van der Waals surface area contributed by atoms with Crippen LogP contribution in [0.25, 0.3) is 0 Å². The molecule has 0 saturated heterocycles.